The van der Waals surface area contributed by atoms with Gasteiger partial charge in [0.1, 0.15) is 5.76 Å². The van der Waals surface area contributed by atoms with Crippen molar-refractivity contribution in [1.82, 2.24) is 10.3 Å². The van der Waals surface area contributed by atoms with E-state index in [4.69, 9.17) is 14.1 Å². The number of hydrogen-bond acceptors (Lipinski definition) is 5. The van der Waals surface area contributed by atoms with E-state index in [1.165, 1.54) is 0 Å². The third kappa shape index (κ3) is 3.41. The molecule has 0 saturated heterocycles. The summed E-state index contributed by atoms with van der Waals surface area (Å²) in [7, 11) is 0. The Kier molecular flexibility index (Phi) is 4.93. The first-order chi connectivity index (χ1) is 13.7. The van der Waals surface area contributed by atoms with Gasteiger partial charge in [-0.3, -0.25) is 4.79 Å². The molecule has 6 nitrogen and oxygen atoms in total. The molecular weight excluding hydrogens is 356 g/mol. The molecule has 2 aromatic heterocycles. The molecule has 0 saturated carbocycles. The number of pyridine rings is 1. The molecular formula is C22H20N2O4. The van der Waals surface area contributed by atoms with Crippen LogP contribution in [0.5, 0.6) is 0 Å². The van der Waals surface area contributed by atoms with E-state index in [1.807, 2.05) is 49.4 Å². The minimum atomic E-state index is -0.500. The van der Waals surface area contributed by atoms with Crippen molar-refractivity contribution in [3.8, 4) is 0 Å². The molecule has 2 heterocycles. The van der Waals surface area contributed by atoms with Gasteiger partial charge in [0.05, 0.1) is 23.0 Å². The van der Waals surface area contributed by atoms with E-state index < -0.39 is 5.97 Å². The Balaban J connectivity index is 1.76. The van der Waals surface area contributed by atoms with Gasteiger partial charge in [-0.15, -0.1) is 0 Å². The van der Waals surface area contributed by atoms with Gasteiger partial charge in [0.25, 0.3) is 5.91 Å². The lowest BCUT2D eigenvalue weighted by Gasteiger charge is -2.12. The molecule has 1 amide bonds. The Bertz CT molecular complexity index is 1070. The summed E-state index contributed by atoms with van der Waals surface area (Å²) in [5.74, 6) is -0.0669. The lowest BCUT2D eigenvalue weighted by molar-refractivity contribution is -0.124. The quantitative estimate of drug-likeness (QED) is 0.688. The third-order valence-corrected chi connectivity index (χ3v) is 4.71. The number of fused-ring (bicyclic) bond motifs is 2. The van der Waals surface area contributed by atoms with Crippen LogP contribution in [0.25, 0.3) is 22.6 Å². The number of ether oxygens (including phenoxy) is 1. The molecule has 0 unspecified atom stereocenters. The smallest absolute Gasteiger partial charge is 0.339 e. The van der Waals surface area contributed by atoms with E-state index in [0.29, 0.717) is 18.5 Å². The minimum Gasteiger partial charge on any atom is -0.465 e. The van der Waals surface area contributed by atoms with Crippen LogP contribution in [0, 0.1) is 0 Å². The lowest BCUT2D eigenvalue weighted by atomic mass is 10.0. The van der Waals surface area contributed by atoms with Gasteiger partial charge < -0.3 is 14.5 Å². The monoisotopic (exact) mass is 376 g/mol. The SMILES string of the molecule is CCNC(=O)COC(=O)c1c2c(nc3ccccc13)/C(=C/c1ccco1)CC2. The van der Waals surface area contributed by atoms with E-state index in [1.54, 1.807) is 6.26 Å². The number of nitrogens with zero attached hydrogens (tertiary/aromatic N) is 1. The summed E-state index contributed by atoms with van der Waals surface area (Å²) in [6, 6.07) is 11.2. The van der Waals surface area contributed by atoms with Crippen molar-refractivity contribution in [1.29, 1.82) is 0 Å². The zero-order valence-electron chi connectivity index (χ0n) is 15.5. The predicted molar refractivity (Wildman–Crippen MR) is 106 cm³/mol. The van der Waals surface area contributed by atoms with Gasteiger partial charge in [0.15, 0.2) is 6.61 Å². The molecule has 1 aliphatic carbocycles. The van der Waals surface area contributed by atoms with Gasteiger partial charge in [-0.2, -0.15) is 0 Å². The normalized spacial score (nSPS) is 14.2. The summed E-state index contributed by atoms with van der Waals surface area (Å²) in [5, 5.41) is 3.36. The molecule has 1 N–H and O–H groups in total. The Morgan fingerprint density at radius 2 is 2.07 bits per heavy atom. The summed E-state index contributed by atoms with van der Waals surface area (Å²) in [4.78, 5) is 29.4. The van der Waals surface area contributed by atoms with Crippen molar-refractivity contribution in [2.45, 2.75) is 19.8 Å². The second-order valence-corrected chi connectivity index (χ2v) is 6.55. The van der Waals surface area contributed by atoms with Crippen LogP contribution < -0.4 is 5.32 Å². The molecule has 0 atom stereocenters. The standard InChI is InChI=1S/C22H20N2O4/c1-2-23-19(25)13-28-22(26)20-16-7-3-4-8-18(16)24-21-14(9-10-17(20)21)12-15-6-5-11-27-15/h3-8,11-12H,2,9-10,13H2,1H3,(H,23,25)/b14-12+. The topological polar surface area (TPSA) is 81.4 Å². The van der Waals surface area contributed by atoms with Crippen molar-refractivity contribution in [3.63, 3.8) is 0 Å². The molecule has 28 heavy (non-hydrogen) atoms. The minimum absolute atomic E-state index is 0.298. The molecule has 0 spiro atoms. The van der Waals surface area contributed by atoms with Crippen LogP contribution in [0.4, 0.5) is 0 Å². The molecule has 142 valence electrons. The van der Waals surface area contributed by atoms with Crippen LogP contribution in [0.15, 0.2) is 47.1 Å². The number of carbonyl (C=O) groups is 2. The number of aromatic nitrogens is 1. The van der Waals surface area contributed by atoms with Crippen LogP contribution >= 0.6 is 0 Å². The highest BCUT2D eigenvalue weighted by atomic mass is 16.5. The largest absolute Gasteiger partial charge is 0.465 e. The number of amides is 1. The third-order valence-electron chi connectivity index (χ3n) is 4.71. The first kappa shape index (κ1) is 18.0. The number of hydrogen-bond donors (Lipinski definition) is 1. The molecule has 0 fully saturated rings. The van der Waals surface area contributed by atoms with Crippen LogP contribution in [-0.4, -0.2) is 30.0 Å². The molecule has 0 radical (unpaired) electrons. The maximum atomic E-state index is 12.9. The van der Waals surface area contributed by atoms with Gasteiger partial charge in [0, 0.05) is 11.9 Å². The summed E-state index contributed by atoms with van der Waals surface area (Å²) in [6.07, 6.45) is 5.03. The van der Waals surface area contributed by atoms with Gasteiger partial charge in [-0.1, -0.05) is 18.2 Å². The summed E-state index contributed by atoms with van der Waals surface area (Å²) in [5.41, 5.74) is 3.89. The Labute approximate surface area is 162 Å². The molecule has 6 heteroatoms. The zero-order chi connectivity index (χ0) is 19.5. The Morgan fingerprint density at radius 1 is 1.21 bits per heavy atom. The van der Waals surface area contributed by atoms with Crippen LogP contribution in [-0.2, 0) is 16.0 Å². The highest BCUT2D eigenvalue weighted by Gasteiger charge is 2.28. The van der Waals surface area contributed by atoms with Crippen LogP contribution in [0.3, 0.4) is 0 Å². The molecule has 0 aliphatic heterocycles. The highest BCUT2D eigenvalue weighted by Crippen LogP contribution is 2.37. The number of furan rings is 1. The second kappa shape index (κ2) is 7.68. The number of rotatable bonds is 5. The molecule has 1 aliphatic rings. The van der Waals surface area contributed by atoms with Crippen LogP contribution in [0.2, 0.25) is 0 Å². The van der Waals surface area contributed by atoms with Gasteiger partial charge in [-0.05, 0) is 55.2 Å². The molecule has 4 rings (SSSR count). The van der Waals surface area contributed by atoms with Gasteiger partial charge in [0.2, 0.25) is 0 Å². The molecule has 0 bridgehead atoms. The lowest BCUT2D eigenvalue weighted by Crippen LogP contribution is -2.28. The van der Waals surface area contributed by atoms with Crippen molar-refractivity contribution in [2.24, 2.45) is 0 Å². The zero-order valence-corrected chi connectivity index (χ0v) is 15.5. The number of carbonyl (C=O) groups excluding carboxylic acids is 2. The number of esters is 1. The van der Waals surface area contributed by atoms with Crippen molar-refractivity contribution >= 4 is 34.4 Å². The van der Waals surface area contributed by atoms with E-state index in [9.17, 15) is 9.59 Å². The summed E-state index contributed by atoms with van der Waals surface area (Å²) >= 11 is 0. The highest BCUT2D eigenvalue weighted by molar-refractivity contribution is 6.07. The fourth-order valence-electron chi connectivity index (χ4n) is 3.51. The number of para-hydroxylation sites is 1. The first-order valence-corrected chi connectivity index (χ1v) is 9.27. The number of nitrogens with one attached hydrogen (secondary N) is 1. The number of allylic oxidation sites excluding steroid dienone is 1. The van der Waals surface area contributed by atoms with E-state index >= 15 is 0 Å². The average molecular weight is 376 g/mol. The van der Waals surface area contributed by atoms with E-state index in [-0.39, 0.29) is 12.5 Å². The van der Waals surface area contributed by atoms with E-state index in [2.05, 4.69) is 5.32 Å². The summed E-state index contributed by atoms with van der Waals surface area (Å²) < 4.78 is 10.7. The number of benzene rings is 1. The van der Waals surface area contributed by atoms with E-state index in [0.717, 1.165) is 39.9 Å². The first-order valence-electron chi connectivity index (χ1n) is 9.27. The maximum Gasteiger partial charge on any atom is 0.339 e. The van der Waals surface area contributed by atoms with Gasteiger partial charge >= 0.3 is 5.97 Å². The predicted octanol–water partition coefficient (Wildman–Crippen LogP) is 3.61. The average Bonchev–Trinajstić information content (AvgIpc) is 3.35. The maximum absolute atomic E-state index is 12.9. The van der Waals surface area contributed by atoms with Crippen molar-refractivity contribution in [2.75, 3.05) is 13.2 Å². The Morgan fingerprint density at radius 3 is 2.86 bits per heavy atom. The Hall–Kier alpha value is -3.41. The fraction of sp³-hybridized carbons (Fsp3) is 0.227. The van der Waals surface area contributed by atoms with Crippen molar-refractivity contribution < 1.29 is 18.7 Å². The van der Waals surface area contributed by atoms with Crippen molar-refractivity contribution in [3.05, 3.63) is 65.2 Å². The molecule has 3 aromatic rings. The number of likely N-dealkylation sites (N-methyl/N-ethyl adjacent to an activating group) is 1. The summed E-state index contributed by atoms with van der Waals surface area (Å²) in [6.45, 7) is 2.01. The second-order valence-electron chi connectivity index (χ2n) is 6.55. The fourth-order valence-corrected chi connectivity index (χ4v) is 3.51. The van der Waals surface area contributed by atoms with Crippen LogP contribution in [0.1, 0.15) is 40.7 Å². The van der Waals surface area contributed by atoms with Gasteiger partial charge in [-0.25, -0.2) is 9.78 Å². The molecule has 1 aromatic carbocycles.